The number of aromatic nitrogens is 2. The third-order valence-electron chi connectivity index (χ3n) is 4.68. The number of nitrogens with zero attached hydrogens (tertiary/aromatic N) is 2. The number of methoxy groups -OCH3 is 1. The van der Waals surface area contributed by atoms with Crippen molar-refractivity contribution < 1.29 is 14.6 Å². The molecule has 152 valence electrons. The van der Waals surface area contributed by atoms with Crippen LogP contribution in [0.3, 0.4) is 0 Å². The molecule has 1 unspecified atom stereocenters. The van der Waals surface area contributed by atoms with Crippen LogP contribution >= 0.6 is 0 Å². The SMILES string of the molecule is COc1ccc(C(O)CNC(=O)NCc2cccc(Cn3ccnc3C)c2)cc1. The summed E-state index contributed by atoms with van der Waals surface area (Å²) < 4.78 is 7.17. The van der Waals surface area contributed by atoms with Crippen LogP contribution in [0.5, 0.6) is 5.75 Å². The smallest absolute Gasteiger partial charge is 0.315 e. The Balaban J connectivity index is 1.46. The maximum absolute atomic E-state index is 12.1. The number of aliphatic hydroxyl groups is 1. The van der Waals surface area contributed by atoms with Gasteiger partial charge in [-0.05, 0) is 35.7 Å². The fourth-order valence-corrected chi connectivity index (χ4v) is 2.98. The summed E-state index contributed by atoms with van der Waals surface area (Å²) >= 11 is 0. The molecule has 2 amide bonds. The predicted octanol–water partition coefficient (Wildman–Crippen LogP) is 2.78. The first-order chi connectivity index (χ1) is 14.0. The van der Waals surface area contributed by atoms with E-state index in [1.807, 2.05) is 31.3 Å². The highest BCUT2D eigenvalue weighted by Gasteiger charge is 2.10. The highest BCUT2D eigenvalue weighted by Crippen LogP contribution is 2.17. The van der Waals surface area contributed by atoms with E-state index in [1.165, 1.54) is 0 Å². The molecule has 0 aliphatic carbocycles. The number of hydrogen-bond acceptors (Lipinski definition) is 4. The summed E-state index contributed by atoms with van der Waals surface area (Å²) in [4.78, 5) is 16.3. The number of carbonyl (C=O) groups is 1. The maximum atomic E-state index is 12.1. The molecule has 1 atom stereocenters. The van der Waals surface area contributed by atoms with Crippen molar-refractivity contribution in [2.24, 2.45) is 0 Å². The third-order valence-corrected chi connectivity index (χ3v) is 4.68. The van der Waals surface area contributed by atoms with Crippen molar-refractivity contribution in [1.29, 1.82) is 0 Å². The van der Waals surface area contributed by atoms with Gasteiger partial charge in [-0.15, -0.1) is 0 Å². The van der Waals surface area contributed by atoms with Crippen molar-refractivity contribution in [3.05, 3.63) is 83.4 Å². The lowest BCUT2D eigenvalue weighted by Crippen LogP contribution is -2.37. The lowest BCUT2D eigenvalue weighted by molar-refractivity contribution is 0.173. The number of nitrogens with one attached hydrogen (secondary N) is 2. The number of urea groups is 1. The van der Waals surface area contributed by atoms with E-state index in [4.69, 9.17) is 4.74 Å². The number of imidazole rings is 1. The monoisotopic (exact) mass is 394 g/mol. The summed E-state index contributed by atoms with van der Waals surface area (Å²) in [6, 6.07) is 14.8. The zero-order valence-corrected chi connectivity index (χ0v) is 16.6. The summed E-state index contributed by atoms with van der Waals surface area (Å²) in [5.41, 5.74) is 2.86. The second kappa shape index (κ2) is 9.75. The zero-order valence-electron chi connectivity index (χ0n) is 16.6. The Morgan fingerprint density at radius 1 is 1.17 bits per heavy atom. The van der Waals surface area contributed by atoms with Crippen LogP contribution in [-0.2, 0) is 13.1 Å². The Morgan fingerprint density at radius 2 is 1.93 bits per heavy atom. The normalized spacial score (nSPS) is 11.7. The van der Waals surface area contributed by atoms with Crippen molar-refractivity contribution in [2.75, 3.05) is 13.7 Å². The molecule has 29 heavy (non-hydrogen) atoms. The van der Waals surface area contributed by atoms with E-state index >= 15 is 0 Å². The minimum Gasteiger partial charge on any atom is -0.497 e. The summed E-state index contributed by atoms with van der Waals surface area (Å²) in [5, 5.41) is 15.7. The van der Waals surface area contributed by atoms with Crippen LogP contribution in [0.1, 0.15) is 28.6 Å². The van der Waals surface area contributed by atoms with Crippen LogP contribution in [0.2, 0.25) is 0 Å². The Labute approximate surface area is 170 Å². The number of carbonyl (C=O) groups excluding carboxylic acids is 1. The fraction of sp³-hybridized carbons (Fsp3) is 0.273. The molecule has 0 aliphatic rings. The van der Waals surface area contributed by atoms with E-state index in [1.54, 1.807) is 37.6 Å². The second-order valence-electron chi connectivity index (χ2n) is 6.77. The van der Waals surface area contributed by atoms with Gasteiger partial charge in [0.05, 0.1) is 13.2 Å². The highest BCUT2D eigenvalue weighted by molar-refractivity contribution is 5.73. The average Bonchev–Trinajstić information content (AvgIpc) is 3.15. The van der Waals surface area contributed by atoms with Crippen LogP contribution in [0, 0.1) is 6.92 Å². The second-order valence-corrected chi connectivity index (χ2v) is 6.77. The minimum atomic E-state index is -0.784. The number of aliphatic hydroxyl groups excluding tert-OH is 1. The van der Waals surface area contributed by atoms with Gasteiger partial charge in [-0.25, -0.2) is 9.78 Å². The molecular formula is C22H26N4O3. The van der Waals surface area contributed by atoms with E-state index < -0.39 is 6.10 Å². The Hall–Kier alpha value is -3.32. The topological polar surface area (TPSA) is 88.4 Å². The molecule has 0 radical (unpaired) electrons. The number of rotatable bonds is 8. The fourth-order valence-electron chi connectivity index (χ4n) is 2.98. The van der Waals surface area contributed by atoms with Gasteiger partial charge in [0.2, 0.25) is 0 Å². The van der Waals surface area contributed by atoms with E-state index in [0.29, 0.717) is 12.1 Å². The summed E-state index contributed by atoms with van der Waals surface area (Å²) in [5.74, 6) is 1.68. The van der Waals surface area contributed by atoms with E-state index in [9.17, 15) is 9.90 Å². The molecule has 1 heterocycles. The first-order valence-electron chi connectivity index (χ1n) is 9.44. The predicted molar refractivity (Wildman–Crippen MR) is 111 cm³/mol. The maximum Gasteiger partial charge on any atom is 0.315 e. The number of amides is 2. The van der Waals surface area contributed by atoms with Crippen molar-refractivity contribution in [1.82, 2.24) is 20.2 Å². The summed E-state index contributed by atoms with van der Waals surface area (Å²) in [6.07, 6.45) is 2.95. The van der Waals surface area contributed by atoms with Crippen molar-refractivity contribution in [3.8, 4) is 5.75 Å². The van der Waals surface area contributed by atoms with Gasteiger partial charge >= 0.3 is 6.03 Å². The van der Waals surface area contributed by atoms with Crippen molar-refractivity contribution >= 4 is 6.03 Å². The molecule has 3 N–H and O–H groups in total. The van der Waals surface area contributed by atoms with Crippen LogP contribution in [0.25, 0.3) is 0 Å². The van der Waals surface area contributed by atoms with Gasteiger partial charge in [-0.1, -0.05) is 36.4 Å². The molecule has 7 heteroatoms. The van der Waals surface area contributed by atoms with E-state index in [-0.39, 0.29) is 12.6 Å². The van der Waals surface area contributed by atoms with Crippen molar-refractivity contribution in [2.45, 2.75) is 26.1 Å². The van der Waals surface area contributed by atoms with Gasteiger partial charge in [0, 0.05) is 32.0 Å². The number of ether oxygens (including phenoxy) is 1. The van der Waals surface area contributed by atoms with Crippen LogP contribution in [-0.4, -0.2) is 34.3 Å². The molecule has 0 fully saturated rings. The quantitative estimate of drug-likeness (QED) is 0.548. The van der Waals surface area contributed by atoms with Gasteiger partial charge in [0.1, 0.15) is 11.6 Å². The van der Waals surface area contributed by atoms with Gasteiger partial charge in [-0.3, -0.25) is 0 Å². The lowest BCUT2D eigenvalue weighted by atomic mass is 10.1. The number of aryl methyl sites for hydroxylation is 1. The number of benzene rings is 2. The third kappa shape index (κ3) is 5.83. The minimum absolute atomic E-state index is 0.123. The summed E-state index contributed by atoms with van der Waals surface area (Å²) in [6.45, 7) is 3.23. The van der Waals surface area contributed by atoms with Crippen LogP contribution in [0.4, 0.5) is 4.79 Å². The van der Waals surface area contributed by atoms with Gasteiger partial charge in [-0.2, -0.15) is 0 Å². The first-order valence-corrected chi connectivity index (χ1v) is 9.44. The Bertz CT molecular complexity index is 937. The molecule has 7 nitrogen and oxygen atoms in total. The molecular weight excluding hydrogens is 368 g/mol. The molecule has 1 aromatic heterocycles. The molecule has 0 aliphatic heterocycles. The van der Waals surface area contributed by atoms with E-state index in [2.05, 4.69) is 26.3 Å². The summed E-state index contributed by atoms with van der Waals surface area (Å²) in [7, 11) is 1.59. The molecule has 0 spiro atoms. The largest absolute Gasteiger partial charge is 0.497 e. The average molecular weight is 394 g/mol. The molecule has 3 rings (SSSR count). The molecule has 0 saturated carbocycles. The van der Waals surface area contributed by atoms with Crippen LogP contribution in [0.15, 0.2) is 60.9 Å². The standard InChI is InChI=1S/C22H26N4O3/c1-16-23-10-11-26(16)15-18-5-3-4-17(12-18)13-24-22(28)25-14-21(27)19-6-8-20(29-2)9-7-19/h3-12,21,27H,13-15H2,1-2H3,(H2,24,25,28). The molecule has 0 saturated heterocycles. The lowest BCUT2D eigenvalue weighted by Gasteiger charge is -2.14. The molecule has 3 aromatic rings. The van der Waals surface area contributed by atoms with Crippen molar-refractivity contribution in [3.63, 3.8) is 0 Å². The zero-order chi connectivity index (χ0) is 20.6. The highest BCUT2D eigenvalue weighted by atomic mass is 16.5. The van der Waals surface area contributed by atoms with Gasteiger partial charge in [0.25, 0.3) is 0 Å². The molecule has 2 aromatic carbocycles. The van der Waals surface area contributed by atoms with E-state index in [0.717, 1.165) is 29.2 Å². The molecule has 0 bridgehead atoms. The van der Waals surface area contributed by atoms with Gasteiger partial charge in [0.15, 0.2) is 0 Å². The number of hydrogen-bond donors (Lipinski definition) is 3. The Kier molecular flexibility index (Phi) is 6.86. The first kappa shape index (κ1) is 20.4. The van der Waals surface area contributed by atoms with Gasteiger partial charge < -0.3 is 25.0 Å². The Morgan fingerprint density at radius 3 is 2.62 bits per heavy atom. The van der Waals surface area contributed by atoms with Crippen LogP contribution < -0.4 is 15.4 Å².